The van der Waals surface area contributed by atoms with Crippen LogP contribution in [0, 0.1) is 6.92 Å². The molecule has 0 aromatic heterocycles. The third-order valence-electron chi connectivity index (χ3n) is 5.27. The third kappa shape index (κ3) is 5.73. The maximum absolute atomic E-state index is 13.1. The summed E-state index contributed by atoms with van der Waals surface area (Å²) in [6.07, 6.45) is 5.78. The SMILES string of the molecule is CCCCCCOc1ccc(/C=C2\C(=O)NC(=O)N(c3cc(Cl)ccc3C)C2=O)cc1OC. The van der Waals surface area contributed by atoms with Crippen molar-refractivity contribution >= 4 is 41.2 Å². The number of carbonyl (C=O) groups excluding carboxylic acids is 3. The molecule has 0 atom stereocenters. The van der Waals surface area contributed by atoms with Crippen molar-refractivity contribution in [2.24, 2.45) is 0 Å². The fourth-order valence-corrected chi connectivity index (χ4v) is 3.64. The number of barbiturate groups is 1. The number of benzene rings is 2. The van der Waals surface area contributed by atoms with Crippen molar-refractivity contribution in [3.8, 4) is 11.5 Å². The van der Waals surface area contributed by atoms with Gasteiger partial charge in [-0.1, -0.05) is 49.9 Å². The number of nitrogens with zero attached hydrogens (tertiary/aromatic N) is 1. The van der Waals surface area contributed by atoms with Crippen LogP contribution in [0.15, 0.2) is 42.0 Å². The molecule has 1 aliphatic heterocycles. The number of unbranched alkanes of at least 4 members (excludes halogenated alkanes) is 3. The minimum absolute atomic E-state index is 0.177. The van der Waals surface area contributed by atoms with Crippen molar-refractivity contribution in [3.05, 3.63) is 58.1 Å². The van der Waals surface area contributed by atoms with Gasteiger partial charge in [0.05, 0.1) is 19.4 Å². The van der Waals surface area contributed by atoms with Crippen molar-refractivity contribution < 1.29 is 23.9 Å². The molecular formula is C25H27ClN2O5. The van der Waals surface area contributed by atoms with E-state index in [1.807, 2.05) is 0 Å². The first kappa shape index (κ1) is 24.3. The second-order valence-electron chi connectivity index (χ2n) is 7.71. The van der Waals surface area contributed by atoms with Crippen LogP contribution in [0.3, 0.4) is 0 Å². The fraction of sp³-hybridized carbons (Fsp3) is 0.320. The summed E-state index contributed by atoms with van der Waals surface area (Å²) in [5, 5.41) is 2.59. The highest BCUT2D eigenvalue weighted by Crippen LogP contribution is 2.31. The van der Waals surface area contributed by atoms with E-state index in [1.165, 1.54) is 19.3 Å². The Labute approximate surface area is 198 Å². The van der Waals surface area contributed by atoms with Crippen LogP contribution in [0.25, 0.3) is 6.08 Å². The van der Waals surface area contributed by atoms with Crippen LogP contribution in [0.4, 0.5) is 10.5 Å². The third-order valence-corrected chi connectivity index (χ3v) is 5.50. The van der Waals surface area contributed by atoms with Crippen LogP contribution < -0.4 is 19.7 Å². The molecule has 4 amide bonds. The van der Waals surface area contributed by atoms with Gasteiger partial charge in [0, 0.05) is 5.02 Å². The number of hydrogen-bond acceptors (Lipinski definition) is 5. The predicted molar refractivity (Wildman–Crippen MR) is 128 cm³/mol. The van der Waals surface area contributed by atoms with E-state index in [4.69, 9.17) is 21.1 Å². The summed E-state index contributed by atoms with van der Waals surface area (Å²) in [7, 11) is 1.52. The Morgan fingerprint density at radius 3 is 2.55 bits per heavy atom. The van der Waals surface area contributed by atoms with E-state index in [1.54, 1.807) is 37.3 Å². The van der Waals surface area contributed by atoms with Gasteiger partial charge in [-0.25, -0.2) is 9.69 Å². The number of nitrogens with one attached hydrogen (secondary N) is 1. The molecule has 1 heterocycles. The molecule has 33 heavy (non-hydrogen) atoms. The molecule has 7 nitrogen and oxygen atoms in total. The largest absolute Gasteiger partial charge is 0.493 e. The van der Waals surface area contributed by atoms with Gasteiger partial charge in [-0.3, -0.25) is 14.9 Å². The number of urea groups is 1. The number of halogens is 1. The van der Waals surface area contributed by atoms with Crippen molar-refractivity contribution in [2.75, 3.05) is 18.6 Å². The van der Waals surface area contributed by atoms with E-state index < -0.39 is 17.8 Å². The van der Waals surface area contributed by atoms with Crippen LogP contribution >= 0.6 is 11.6 Å². The van der Waals surface area contributed by atoms with Gasteiger partial charge in [0.2, 0.25) is 0 Å². The minimum atomic E-state index is -0.822. The Morgan fingerprint density at radius 1 is 1.03 bits per heavy atom. The molecule has 8 heteroatoms. The summed E-state index contributed by atoms with van der Waals surface area (Å²) in [4.78, 5) is 39.0. The van der Waals surface area contributed by atoms with Gasteiger partial charge in [0.15, 0.2) is 11.5 Å². The van der Waals surface area contributed by atoms with Crippen LogP contribution in [0.1, 0.15) is 43.7 Å². The molecule has 0 saturated carbocycles. The lowest BCUT2D eigenvalue weighted by Gasteiger charge is -2.27. The number of amides is 4. The molecule has 0 radical (unpaired) electrons. The smallest absolute Gasteiger partial charge is 0.335 e. The normalized spacial score (nSPS) is 15.1. The van der Waals surface area contributed by atoms with Crippen LogP contribution in [-0.4, -0.2) is 31.6 Å². The van der Waals surface area contributed by atoms with E-state index in [2.05, 4.69) is 12.2 Å². The lowest BCUT2D eigenvalue weighted by atomic mass is 10.1. The Bertz CT molecular complexity index is 1100. The second-order valence-corrected chi connectivity index (χ2v) is 8.14. The summed E-state index contributed by atoms with van der Waals surface area (Å²) < 4.78 is 11.2. The first-order valence-corrected chi connectivity index (χ1v) is 11.2. The van der Waals surface area contributed by atoms with Crippen LogP contribution in [0.5, 0.6) is 11.5 Å². The lowest BCUT2D eigenvalue weighted by molar-refractivity contribution is -0.122. The molecule has 1 fully saturated rings. The molecule has 1 N–H and O–H groups in total. The number of aryl methyl sites for hydroxylation is 1. The first-order chi connectivity index (χ1) is 15.8. The molecule has 0 bridgehead atoms. The topological polar surface area (TPSA) is 84.9 Å². The number of anilines is 1. The Hall–Kier alpha value is -3.32. The van der Waals surface area contributed by atoms with E-state index in [-0.39, 0.29) is 5.57 Å². The zero-order chi connectivity index (χ0) is 24.0. The minimum Gasteiger partial charge on any atom is -0.493 e. The van der Waals surface area contributed by atoms with Crippen molar-refractivity contribution in [1.29, 1.82) is 0 Å². The summed E-state index contributed by atoms with van der Waals surface area (Å²) in [6, 6.07) is 9.19. The average molecular weight is 471 g/mol. The van der Waals surface area contributed by atoms with Crippen molar-refractivity contribution in [1.82, 2.24) is 5.32 Å². The van der Waals surface area contributed by atoms with E-state index in [9.17, 15) is 14.4 Å². The molecular weight excluding hydrogens is 444 g/mol. The number of hydrogen-bond donors (Lipinski definition) is 1. The summed E-state index contributed by atoms with van der Waals surface area (Å²) in [6.45, 7) is 4.48. The number of ether oxygens (including phenoxy) is 2. The zero-order valence-electron chi connectivity index (χ0n) is 18.9. The molecule has 3 rings (SSSR count). The van der Waals surface area contributed by atoms with Crippen LogP contribution in [-0.2, 0) is 9.59 Å². The van der Waals surface area contributed by atoms with Crippen molar-refractivity contribution in [2.45, 2.75) is 39.5 Å². The maximum Gasteiger partial charge on any atom is 0.335 e. The highest BCUT2D eigenvalue weighted by atomic mass is 35.5. The van der Waals surface area contributed by atoms with Gasteiger partial charge in [-0.2, -0.15) is 0 Å². The molecule has 0 aliphatic carbocycles. The molecule has 0 unspecified atom stereocenters. The summed E-state index contributed by atoms with van der Waals surface area (Å²) >= 11 is 6.06. The number of rotatable bonds is 9. The van der Waals surface area contributed by atoms with Gasteiger partial charge in [-0.05, 0) is 54.8 Å². The van der Waals surface area contributed by atoms with Gasteiger partial charge in [0.25, 0.3) is 11.8 Å². The highest BCUT2D eigenvalue weighted by molar-refractivity contribution is 6.39. The summed E-state index contributed by atoms with van der Waals surface area (Å²) in [5.41, 5.74) is 1.36. The maximum atomic E-state index is 13.1. The Balaban J connectivity index is 1.86. The van der Waals surface area contributed by atoms with Crippen LogP contribution in [0.2, 0.25) is 5.02 Å². The van der Waals surface area contributed by atoms with Gasteiger partial charge in [0.1, 0.15) is 5.57 Å². The summed E-state index contributed by atoms with van der Waals surface area (Å²) in [5.74, 6) is -0.426. The quantitative estimate of drug-likeness (QED) is 0.306. The standard InChI is InChI=1S/C25H27ClN2O5/c1-4-5-6-7-12-33-21-11-9-17(14-22(21)32-3)13-19-23(29)27-25(31)28(24(19)30)20-15-18(26)10-8-16(20)2/h8-11,13-15H,4-7,12H2,1-3H3,(H,27,29,31)/b19-13+. The van der Waals surface area contributed by atoms with Gasteiger partial charge < -0.3 is 9.47 Å². The number of methoxy groups -OCH3 is 1. The van der Waals surface area contributed by atoms with E-state index in [0.717, 1.165) is 30.6 Å². The molecule has 0 spiro atoms. The molecule has 2 aromatic carbocycles. The highest BCUT2D eigenvalue weighted by Gasteiger charge is 2.37. The monoisotopic (exact) mass is 470 g/mol. The van der Waals surface area contributed by atoms with E-state index >= 15 is 0 Å². The number of carbonyl (C=O) groups is 3. The van der Waals surface area contributed by atoms with Crippen molar-refractivity contribution in [3.63, 3.8) is 0 Å². The Kier molecular flexibility index (Phi) is 8.11. The molecule has 174 valence electrons. The second kappa shape index (κ2) is 11.0. The average Bonchev–Trinajstić information content (AvgIpc) is 2.79. The van der Waals surface area contributed by atoms with Gasteiger partial charge in [-0.15, -0.1) is 0 Å². The zero-order valence-corrected chi connectivity index (χ0v) is 19.7. The first-order valence-electron chi connectivity index (χ1n) is 10.8. The Morgan fingerprint density at radius 2 is 1.82 bits per heavy atom. The lowest BCUT2D eigenvalue weighted by Crippen LogP contribution is -2.54. The van der Waals surface area contributed by atoms with E-state index in [0.29, 0.717) is 39.9 Å². The van der Waals surface area contributed by atoms with Gasteiger partial charge >= 0.3 is 6.03 Å². The molecule has 1 aliphatic rings. The molecule has 2 aromatic rings. The predicted octanol–water partition coefficient (Wildman–Crippen LogP) is 5.28. The fourth-order valence-electron chi connectivity index (χ4n) is 3.47. The molecule has 1 saturated heterocycles. The number of imide groups is 2.